The molecule has 0 aliphatic heterocycles. The summed E-state index contributed by atoms with van der Waals surface area (Å²) in [6, 6.07) is 15.8. The van der Waals surface area contributed by atoms with Crippen molar-refractivity contribution in [1.82, 2.24) is 0 Å². The minimum absolute atomic E-state index is 0.0503. The molecule has 0 radical (unpaired) electrons. The van der Waals surface area contributed by atoms with Crippen LogP contribution in [0.5, 0.6) is 0 Å². The van der Waals surface area contributed by atoms with Crippen molar-refractivity contribution < 1.29 is 14.5 Å². The summed E-state index contributed by atoms with van der Waals surface area (Å²) < 4.78 is 6.07. The van der Waals surface area contributed by atoms with Crippen molar-refractivity contribution in [3.63, 3.8) is 0 Å². The molecule has 0 bridgehead atoms. The predicted molar refractivity (Wildman–Crippen MR) is 99.8 cm³/mol. The van der Waals surface area contributed by atoms with Gasteiger partial charge in [0.05, 0.1) is 0 Å². The highest BCUT2D eigenvalue weighted by molar-refractivity contribution is 6.62. The van der Waals surface area contributed by atoms with E-state index in [-0.39, 0.29) is 5.41 Å². The Kier molecular flexibility index (Phi) is 3.24. The molecule has 0 unspecified atom stereocenters. The van der Waals surface area contributed by atoms with Crippen molar-refractivity contribution in [2.45, 2.75) is 26.2 Å². The highest BCUT2D eigenvalue weighted by Gasteiger charge is 2.25. The van der Waals surface area contributed by atoms with E-state index in [0.717, 1.165) is 27.1 Å². The largest absolute Gasteiger partial charge is 0.492 e. The fraction of sp³-hybridized carbons (Fsp3) is 0.200. The second kappa shape index (κ2) is 5.10. The van der Waals surface area contributed by atoms with Crippen molar-refractivity contribution in [3.05, 3.63) is 54.1 Å². The molecule has 1 aromatic heterocycles. The Morgan fingerprint density at radius 2 is 1.67 bits per heavy atom. The molecular weight excluding hydrogens is 299 g/mol. The van der Waals surface area contributed by atoms with Crippen molar-refractivity contribution >= 4 is 45.3 Å². The monoisotopic (exact) mass is 318 g/mol. The van der Waals surface area contributed by atoms with Crippen molar-refractivity contribution in [3.8, 4) is 0 Å². The molecule has 0 atom stereocenters. The second-order valence-electron chi connectivity index (χ2n) is 7.30. The molecule has 0 amide bonds. The summed E-state index contributed by atoms with van der Waals surface area (Å²) in [6.45, 7) is 6.52. The van der Waals surface area contributed by atoms with Gasteiger partial charge < -0.3 is 14.5 Å². The maximum absolute atomic E-state index is 9.83. The van der Waals surface area contributed by atoms with Crippen LogP contribution in [0.2, 0.25) is 0 Å². The van der Waals surface area contributed by atoms with Gasteiger partial charge in [0.1, 0.15) is 11.2 Å². The van der Waals surface area contributed by atoms with Crippen LogP contribution in [-0.2, 0) is 5.41 Å². The summed E-state index contributed by atoms with van der Waals surface area (Å²) in [7, 11) is -1.57. The van der Waals surface area contributed by atoms with Gasteiger partial charge in [-0.3, -0.25) is 0 Å². The molecule has 4 rings (SSSR count). The van der Waals surface area contributed by atoms with Crippen LogP contribution in [0, 0.1) is 0 Å². The topological polar surface area (TPSA) is 53.6 Å². The van der Waals surface area contributed by atoms with E-state index in [1.807, 2.05) is 30.3 Å². The molecule has 4 heteroatoms. The van der Waals surface area contributed by atoms with E-state index in [0.29, 0.717) is 11.0 Å². The fourth-order valence-electron chi connectivity index (χ4n) is 3.51. The minimum atomic E-state index is -1.57. The van der Waals surface area contributed by atoms with Crippen LogP contribution < -0.4 is 5.46 Å². The number of fused-ring (bicyclic) bond motifs is 5. The highest BCUT2D eigenvalue weighted by atomic mass is 16.4. The highest BCUT2D eigenvalue weighted by Crippen LogP contribution is 2.39. The van der Waals surface area contributed by atoms with E-state index in [4.69, 9.17) is 4.42 Å². The van der Waals surface area contributed by atoms with Gasteiger partial charge >= 0.3 is 7.12 Å². The van der Waals surface area contributed by atoms with Crippen LogP contribution in [0.25, 0.3) is 32.7 Å². The molecule has 0 saturated carbocycles. The molecule has 0 fully saturated rings. The zero-order valence-corrected chi connectivity index (χ0v) is 14.0. The first-order valence-corrected chi connectivity index (χ1v) is 8.11. The van der Waals surface area contributed by atoms with E-state index < -0.39 is 7.12 Å². The number of benzene rings is 3. The van der Waals surface area contributed by atoms with Crippen LogP contribution in [0.4, 0.5) is 0 Å². The third kappa shape index (κ3) is 2.14. The van der Waals surface area contributed by atoms with E-state index in [2.05, 4.69) is 32.9 Å². The molecule has 120 valence electrons. The van der Waals surface area contributed by atoms with Gasteiger partial charge in [-0.05, 0) is 27.8 Å². The maximum atomic E-state index is 9.83. The number of hydrogen-bond donors (Lipinski definition) is 2. The molecule has 24 heavy (non-hydrogen) atoms. The third-order valence-corrected chi connectivity index (χ3v) is 4.60. The lowest BCUT2D eigenvalue weighted by Gasteiger charge is -2.20. The molecule has 0 spiro atoms. The molecule has 0 saturated heterocycles. The standard InChI is InChI=1S/C20H19BO3/c1-20(2,3)14-9-6-10-16-18(14)17-13-8-5-4-7-12(13)11-15(21(22)23)19(17)24-16/h4-11,22-23H,1-3H3. The Morgan fingerprint density at radius 1 is 0.917 bits per heavy atom. The van der Waals surface area contributed by atoms with Gasteiger partial charge in [0.15, 0.2) is 0 Å². The first kappa shape index (κ1) is 15.2. The number of hydrogen-bond acceptors (Lipinski definition) is 3. The first-order chi connectivity index (χ1) is 11.4. The van der Waals surface area contributed by atoms with Gasteiger partial charge in [-0.15, -0.1) is 0 Å². The van der Waals surface area contributed by atoms with E-state index in [1.54, 1.807) is 6.07 Å². The normalized spacial score (nSPS) is 12.4. The zero-order chi connectivity index (χ0) is 17.1. The van der Waals surface area contributed by atoms with Crippen molar-refractivity contribution in [1.29, 1.82) is 0 Å². The zero-order valence-electron chi connectivity index (χ0n) is 14.0. The maximum Gasteiger partial charge on any atom is 0.492 e. The van der Waals surface area contributed by atoms with E-state index in [1.165, 1.54) is 5.56 Å². The number of rotatable bonds is 1. The summed E-state index contributed by atoms with van der Waals surface area (Å²) in [4.78, 5) is 0. The average Bonchev–Trinajstić information content (AvgIpc) is 2.92. The average molecular weight is 318 g/mol. The summed E-state index contributed by atoms with van der Waals surface area (Å²) >= 11 is 0. The van der Waals surface area contributed by atoms with Gasteiger partial charge in [0.25, 0.3) is 0 Å². The van der Waals surface area contributed by atoms with Crippen molar-refractivity contribution in [2.75, 3.05) is 0 Å². The lowest BCUT2D eigenvalue weighted by molar-refractivity contribution is 0.425. The summed E-state index contributed by atoms with van der Waals surface area (Å²) in [6.07, 6.45) is 0. The van der Waals surface area contributed by atoms with Crippen LogP contribution in [-0.4, -0.2) is 17.2 Å². The third-order valence-electron chi connectivity index (χ3n) is 4.60. The fourth-order valence-corrected chi connectivity index (χ4v) is 3.51. The van der Waals surface area contributed by atoms with Crippen LogP contribution >= 0.6 is 0 Å². The summed E-state index contributed by atoms with van der Waals surface area (Å²) in [5, 5.41) is 23.7. The van der Waals surface area contributed by atoms with E-state index in [9.17, 15) is 10.0 Å². The molecular formula is C20H19BO3. The van der Waals surface area contributed by atoms with Crippen LogP contribution in [0.15, 0.2) is 52.9 Å². The van der Waals surface area contributed by atoms with Gasteiger partial charge in [-0.25, -0.2) is 0 Å². The van der Waals surface area contributed by atoms with Gasteiger partial charge in [0.2, 0.25) is 0 Å². The molecule has 3 aromatic carbocycles. The molecule has 1 heterocycles. The molecule has 0 aliphatic rings. The molecule has 4 aromatic rings. The van der Waals surface area contributed by atoms with Crippen LogP contribution in [0.3, 0.4) is 0 Å². The summed E-state index contributed by atoms with van der Waals surface area (Å²) in [5.74, 6) is 0. The second-order valence-corrected chi connectivity index (χ2v) is 7.30. The first-order valence-electron chi connectivity index (χ1n) is 8.11. The smallest absolute Gasteiger partial charge is 0.456 e. The van der Waals surface area contributed by atoms with Gasteiger partial charge in [-0.1, -0.05) is 63.2 Å². The number of furan rings is 1. The molecule has 2 N–H and O–H groups in total. The molecule has 3 nitrogen and oxygen atoms in total. The van der Waals surface area contributed by atoms with Gasteiger partial charge in [0, 0.05) is 16.2 Å². The lowest BCUT2D eigenvalue weighted by atomic mass is 9.77. The predicted octanol–water partition coefficient (Wildman–Crippen LogP) is 3.72. The van der Waals surface area contributed by atoms with Crippen molar-refractivity contribution in [2.24, 2.45) is 0 Å². The van der Waals surface area contributed by atoms with E-state index >= 15 is 0 Å². The molecule has 0 aliphatic carbocycles. The lowest BCUT2D eigenvalue weighted by Crippen LogP contribution is -2.30. The Hall–Kier alpha value is -2.30. The van der Waals surface area contributed by atoms with Gasteiger partial charge in [-0.2, -0.15) is 0 Å². The van der Waals surface area contributed by atoms with Crippen LogP contribution in [0.1, 0.15) is 26.3 Å². The Labute approximate surface area is 140 Å². The summed E-state index contributed by atoms with van der Waals surface area (Å²) in [5.41, 5.74) is 2.87. The minimum Gasteiger partial charge on any atom is -0.456 e. The SMILES string of the molecule is CC(C)(C)c1cccc2oc3c(B(O)O)cc4ccccc4c3c12. The Bertz CT molecular complexity index is 1070. The Balaban J connectivity index is 2.32. The Morgan fingerprint density at radius 3 is 2.38 bits per heavy atom. The quantitative estimate of drug-likeness (QED) is 0.526.